The molecule has 174 valence electrons. The normalized spacial score (nSPS) is 12.6. The number of hydrogen-bond acceptors (Lipinski definition) is 4. The molecule has 2 aromatic rings. The molecule has 0 radical (unpaired) electrons. The Bertz CT molecular complexity index is 791. The van der Waals surface area contributed by atoms with E-state index in [1.54, 1.807) is 58.2 Å². The number of carboxylic acid groups (broad SMARTS) is 2. The molecular formula is C22H30N4O6. The minimum absolute atomic E-state index is 0.109. The standard InChI is InChI=1S/C22H30N4O6/c27-19(9-7-17(21(29)30)25-13-3-4-14-25)23-11-1-2-12-24-20(28)10-8-18(22(31)32)26-15-5-6-16-26/h3-6,13-18H,1-2,7-12H2,(H,23,27)(H,24,28)(H,29,30)(H,31,32)/t17-,18-/m0/s1. The molecular weight excluding hydrogens is 416 g/mol. The monoisotopic (exact) mass is 446 g/mol. The first-order valence-corrected chi connectivity index (χ1v) is 10.6. The maximum atomic E-state index is 11.9. The van der Waals surface area contributed by atoms with Crippen molar-refractivity contribution in [2.24, 2.45) is 0 Å². The number of nitrogens with zero attached hydrogens (tertiary/aromatic N) is 2. The van der Waals surface area contributed by atoms with E-state index in [9.17, 15) is 29.4 Å². The molecule has 0 spiro atoms. The molecule has 0 bridgehead atoms. The van der Waals surface area contributed by atoms with Gasteiger partial charge in [-0.1, -0.05) is 0 Å². The lowest BCUT2D eigenvalue weighted by Crippen LogP contribution is -2.28. The third kappa shape index (κ3) is 8.29. The first kappa shape index (κ1) is 24.7. The summed E-state index contributed by atoms with van der Waals surface area (Å²) < 4.78 is 3.13. The van der Waals surface area contributed by atoms with E-state index in [0.717, 1.165) is 0 Å². The van der Waals surface area contributed by atoms with Crippen LogP contribution in [0.2, 0.25) is 0 Å². The molecule has 0 aliphatic rings. The number of aliphatic carboxylic acids is 2. The highest BCUT2D eigenvalue weighted by atomic mass is 16.4. The molecule has 0 aliphatic heterocycles. The number of amides is 2. The molecule has 0 unspecified atom stereocenters. The lowest BCUT2D eigenvalue weighted by atomic mass is 10.1. The Balaban J connectivity index is 1.55. The van der Waals surface area contributed by atoms with Gasteiger partial charge in [-0.25, -0.2) is 9.59 Å². The number of unbranched alkanes of at least 4 members (excludes halogenated alkanes) is 1. The van der Waals surface area contributed by atoms with Crippen LogP contribution in [0.15, 0.2) is 49.1 Å². The highest BCUT2D eigenvalue weighted by Gasteiger charge is 2.20. The summed E-state index contributed by atoms with van der Waals surface area (Å²) in [5.41, 5.74) is 0. The van der Waals surface area contributed by atoms with Crippen LogP contribution in [0.4, 0.5) is 0 Å². The van der Waals surface area contributed by atoms with Crippen molar-refractivity contribution >= 4 is 23.8 Å². The topological polar surface area (TPSA) is 143 Å². The van der Waals surface area contributed by atoms with E-state index in [1.165, 1.54) is 0 Å². The fourth-order valence-corrected chi connectivity index (χ4v) is 3.33. The zero-order valence-electron chi connectivity index (χ0n) is 17.9. The maximum absolute atomic E-state index is 11.9. The second-order valence-corrected chi connectivity index (χ2v) is 7.45. The summed E-state index contributed by atoms with van der Waals surface area (Å²) in [4.78, 5) is 46.6. The molecule has 0 aliphatic carbocycles. The van der Waals surface area contributed by atoms with Gasteiger partial charge >= 0.3 is 11.9 Å². The number of nitrogens with one attached hydrogen (secondary N) is 2. The van der Waals surface area contributed by atoms with Gasteiger partial charge in [-0.2, -0.15) is 0 Å². The molecule has 0 aromatic carbocycles. The molecule has 2 amide bonds. The average Bonchev–Trinajstić information content (AvgIpc) is 3.45. The molecule has 10 heteroatoms. The van der Waals surface area contributed by atoms with Crippen molar-refractivity contribution in [3.8, 4) is 0 Å². The van der Waals surface area contributed by atoms with Crippen LogP contribution in [0.5, 0.6) is 0 Å². The third-order valence-electron chi connectivity index (χ3n) is 5.08. The predicted molar refractivity (Wildman–Crippen MR) is 116 cm³/mol. The highest BCUT2D eigenvalue weighted by molar-refractivity contribution is 5.78. The van der Waals surface area contributed by atoms with Crippen molar-refractivity contribution in [1.29, 1.82) is 0 Å². The fraction of sp³-hybridized carbons (Fsp3) is 0.455. The molecule has 2 atom stereocenters. The summed E-state index contributed by atoms with van der Waals surface area (Å²) in [6, 6.07) is 5.40. The predicted octanol–water partition coefficient (Wildman–Crippen LogP) is 1.81. The number of carbonyl (C=O) groups excluding carboxylic acids is 2. The number of carbonyl (C=O) groups is 4. The van der Waals surface area contributed by atoms with Crippen molar-refractivity contribution < 1.29 is 29.4 Å². The summed E-state index contributed by atoms with van der Waals surface area (Å²) in [6.07, 6.45) is 8.58. The van der Waals surface area contributed by atoms with E-state index in [4.69, 9.17) is 0 Å². The van der Waals surface area contributed by atoms with Gasteiger partial charge in [0.1, 0.15) is 12.1 Å². The maximum Gasteiger partial charge on any atom is 0.326 e. The van der Waals surface area contributed by atoms with E-state index < -0.39 is 24.0 Å². The Kier molecular flexibility index (Phi) is 10.0. The van der Waals surface area contributed by atoms with Crippen LogP contribution in [0.3, 0.4) is 0 Å². The molecule has 32 heavy (non-hydrogen) atoms. The summed E-state index contributed by atoms with van der Waals surface area (Å²) in [6.45, 7) is 0.870. The van der Waals surface area contributed by atoms with Crippen molar-refractivity contribution in [1.82, 2.24) is 19.8 Å². The van der Waals surface area contributed by atoms with Gasteiger partial charge in [-0.05, 0) is 49.9 Å². The Labute approximate surface area is 186 Å². The van der Waals surface area contributed by atoms with Gasteiger partial charge < -0.3 is 30.0 Å². The van der Waals surface area contributed by atoms with Crippen molar-refractivity contribution in [2.45, 2.75) is 50.6 Å². The molecule has 2 rings (SSSR count). The minimum Gasteiger partial charge on any atom is -0.480 e. The highest BCUT2D eigenvalue weighted by Crippen LogP contribution is 2.15. The first-order valence-electron chi connectivity index (χ1n) is 10.6. The van der Waals surface area contributed by atoms with E-state index in [2.05, 4.69) is 10.6 Å². The Morgan fingerprint density at radius 1 is 0.656 bits per heavy atom. The molecule has 4 N–H and O–H groups in total. The fourth-order valence-electron chi connectivity index (χ4n) is 3.33. The Morgan fingerprint density at radius 3 is 1.31 bits per heavy atom. The van der Waals surface area contributed by atoms with Crippen LogP contribution >= 0.6 is 0 Å². The first-order chi connectivity index (χ1) is 15.4. The van der Waals surface area contributed by atoms with Gasteiger partial charge in [0.05, 0.1) is 0 Å². The van der Waals surface area contributed by atoms with Crippen LogP contribution in [0.25, 0.3) is 0 Å². The number of aromatic nitrogens is 2. The molecule has 2 heterocycles. The quantitative estimate of drug-likeness (QED) is 0.307. The van der Waals surface area contributed by atoms with Crippen LogP contribution in [-0.2, 0) is 19.2 Å². The number of hydrogen-bond donors (Lipinski definition) is 4. The number of rotatable bonds is 15. The van der Waals surface area contributed by atoms with E-state index in [-0.39, 0.29) is 37.5 Å². The average molecular weight is 447 g/mol. The number of carboxylic acids is 2. The minimum atomic E-state index is -0.979. The van der Waals surface area contributed by atoms with E-state index in [0.29, 0.717) is 25.9 Å². The second kappa shape index (κ2) is 13.0. The van der Waals surface area contributed by atoms with Gasteiger partial charge in [0.25, 0.3) is 0 Å². The van der Waals surface area contributed by atoms with Crippen LogP contribution in [-0.4, -0.2) is 56.2 Å². The van der Waals surface area contributed by atoms with Crippen molar-refractivity contribution in [3.05, 3.63) is 49.1 Å². The van der Waals surface area contributed by atoms with Crippen molar-refractivity contribution in [3.63, 3.8) is 0 Å². The lowest BCUT2D eigenvalue weighted by Gasteiger charge is -2.14. The third-order valence-corrected chi connectivity index (χ3v) is 5.08. The van der Waals surface area contributed by atoms with Crippen molar-refractivity contribution in [2.75, 3.05) is 13.1 Å². The Morgan fingerprint density at radius 2 is 1.00 bits per heavy atom. The summed E-state index contributed by atoms with van der Waals surface area (Å²) >= 11 is 0. The largest absolute Gasteiger partial charge is 0.480 e. The summed E-state index contributed by atoms with van der Waals surface area (Å²) in [5.74, 6) is -2.38. The molecule has 0 saturated heterocycles. The zero-order valence-corrected chi connectivity index (χ0v) is 17.9. The van der Waals surface area contributed by atoms with E-state index in [1.807, 2.05) is 0 Å². The van der Waals surface area contributed by atoms with E-state index >= 15 is 0 Å². The Hall–Kier alpha value is -3.56. The molecule has 2 aromatic heterocycles. The van der Waals surface area contributed by atoms with Gasteiger partial charge in [0, 0.05) is 50.7 Å². The molecule has 0 fully saturated rings. The second-order valence-electron chi connectivity index (χ2n) is 7.45. The van der Waals surface area contributed by atoms with Gasteiger partial charge in [0.15, 0.2) is 0 Å². The summed E-state index contributed by atoms with van der Waals surface area (Å²) in [5, 5.41) is 24.1. The molecule has 0 saturated carbocycles. The lowest BCUT2D eigenvalue weighted by molar-refractivity contribution is -0.142. The van der Waals surface area contributed by atoms with Gasteiger partial charge in [0.2, 0.25) is 11.8 Å². The van der Waals surface area contributed by atoms with Crippen LogP contribution in [0.1, 0.15) is 50.6 Å². The zero-order chi connectivity index (χ0) is 23.3. The molecule has 10 nitrogen and oxygen atoms in total. The smallest absolute Gasteiger partial charge is 0.326 e. The SMILES string of the molecule is O=C(CC[C@@H](C(=O)O)n1cccc1)NCCCCNC(=O)CC[C@@H](C(=O)O)n1cccc1. The van der Waals surface area contributed by atoms with Crippen LogP contribution < -0.4 is 10.6 Å². The van der Waals surface area contributed by atoms with Gasteiger partial charge in [-0.3, -0.25) is 9.59 Å². The summed E-state index contributed by atoms with van der Waals surface area (Å²) in [7, 11) is 0. The van der Waals surface area contributed by atoms with Crippen LogP contribution in [0, 0.1) is 0 Å². The van der Waals surface area contributed by atoms with Gasteiger partial charge in [-0.15, -0.1) is 0 Å².